The number of aromatic nitrogens is 2. The van der Waals surface area contributed by atoms with E-state index in [0.29, 0.717) is 37.8 Å². The van der Waals surface area contributed by atoms with Gasteiger partial charge < -0.3 is 14.6 Å². The number of nitrogens with zero attached hydrogens (tertiary/aromatic N) is 2. The van der Waals surface area contributed by atoms with Crippen LogP contribution in [0.5, 0.6) is 0 Å². The van der Waals surface area contributed by atoms with Crippen LogP contribution in [0.3, 0.4) is 0 Å². The smallest absolute Gasteiger partial charge is 0.305 e. The van der Waals surface area contributed by atoms with Gasteiger partial charge in [0.15, 0.2) is 5.82 Å². The molecular weight excluding hydrogens is 270 g/mol. The summed E-state index contributed by atoms with van der Waals surface area (Å²) < 4.78 is 10.1. The monoisotopic (exact) mass is 289 g/mol. The van der Waals surface area contributed by atoms with Crippen LogP contribution in [0.25, 0.3) is 11.5 Å². The van der Waals surface area contributed by atoms with Crippen molar-refractivity contribution < 1.29 is 14.1 Å². The first kappa shape index (κ1) is 15.2. The highest BCUT2D eigenvalue weighted by atomic mass is 16.5. The number of carbonyl (C=O) groups excluding carboxylic acids is 1. The number of rotatable bonds is 8. The third kappa shape index (κ3) is 5.00. The summed E-state index contributed by atoms with van der Waals surface area (Å²) in [6.07, 6.45) is 1.14. The molecule has 0 saturated heterocycles. The normalized spacial score (nSPS) is 10.5. The van der Waals surface area contributed by atoms with Gasteiger partial charge in [0.1, 0.15) is 0 Å². The second-order valence-corrected chi connectivity index (χ2v) is 4.47. The minimum atomic E-state index is -0.162. The molecule has 0 unspecified atom stereocenters. The summed E-state index contributed by atoms with van der Waals surface area (Å²) in [6.45, 7) is 3.45. The maximum atomic E-state index is 11.1. The molecule has 6 heteroatoms. The molecule has 2 rings (SSSR count). The largest absolute Gasteiger partial charge is 0.466 e. The SMILES string of the molecule is CCOC(=O)CCCNCc1noc(-c2ccccc2)n1. The van der Waals surface area contributed by atoms with E-state index in [4.69, 9.17) is 9.26 Å². The molecule has 0 fully saturated rings. The van der Waals surface area contributed by atoms with Crippen molar-refractivity contribution in [3.63, 3.8) is 0 Å². The van der Waals surface area contributed by atoms with Gasteiger partial charge >= 0.3 is 5.97 Å². The van der Waals surface area contributed by atoms with E-state index in [-0.39, 0.29) is 5.97 Å². The predicted octanol–water partition coefficient (Wildman–Crippen LogP) is 2.17. The molecule has 0 radical (unpaired) electrons. The van der Waals surface area contributed by atoms with Gasteiger partial charge in [0.25, 0.3) is 5.89 Å². The summed E-state index contributed by atoms with van der Waals surface area (Å²) in [5.41, 5.74) is 0.901. The third-order valence-electron chi connectivity index (χ3n) is 2.81. The van der Waals surface area contributed by atoms with Crippen molar-refractivity contribution in [3.8, 4) is 11.5 Å². The molecule has 112 valence electrons. The molecule has 1 N–H and O–H groups in total. The molecule has 2 aromatic rings. The van der Waals surface area contributed by atoms with Gasteiger partial charge in [0.2, 0.25) is 0 Å². The summed E-state index contributed by atoms with van der Waals surface area (Å²) in [6, 6.07) is 9.62. The Morgan fingerprint density at radius 2 is 2.14 bits per heavy atom. The Morgan fingerprint density at radius 3 is 2.90 bits per heavy atom. The highest BCUT2D eigenvalue weighted by molar-refractivity contribution is 5.69. The minimum absolute atomic E-state index is 0.162. The van der Waals surface area contributed by atoms with Crippen molar-refractivity contribution >= 4 is 5.97 Å². The number of benzene rings is 1. The van der Waals surface area contributed by atoms with Crippen molar-refractivity contribution in [2.45, 2.75) is 26.3 Å². The summed E-state index contributed by atoms with van der Waals surface area (Å²) in [4.78, 5) is 15.5. The topological polar surface area (TPSA) is 77.2 Å². The first-order chi connectivity index (χ1) is 10.3. The lowest BCUT2D eigenvalue weighted by atomic mass is 10.2. The fourth-order valence-electron chi connectivity index (χ4n) is 1.81. The molecule has 1 heterocycles. The molecule has 0 atom stereocenters. The molecule has 0 bridgehead atoms. The number of esters is 1. The zero-order valence-electron chi connectivity index (χ0n) is 12.0. The fourth-order valence-corrected chi connectivity index (χ4v) is 1.81. The zero-order valence-corrected chi connectivity index (χ0v) is 12.0. The van der Waals surface area contributed by atoms with Crippen LogP contribution in [0, 0.1) is 0 Å². The molecule has 6 nitrogen and oxygen atoms in total. The van der Waals surface area contributed by atoms with Gasteiger partial charge in [0, 0.05) is 12.0 Å². The minimum Gasteiger partial charge on any atom is -0.466 e. The number of hydrogen-bond donors (Lipinski definition) is 1. The molecule has 0 aliphatic carbocycles. The number of ether oxygens (including phenoxy) is 1. The fraction of sp³-hybridized carbons (Fsp3) is 0.400. The molecule has 0 amide bonds. The van der Waals surface area contributed by atoms with Crippen molar-refractivity contribution in [1.29, 1.82) is 0 Å². The van der Waals surface area contributed by atoms with Gasteiger partial charge in [-0.3, -0.25) is 4.79 Å². The van der Waals surface area contributed by atoms with Crippen LogP contribution in [0.15, 0.2) is 34.9 Å². The molecular formula is C15H19N3O3. The Balaban J connectivity index is 1.70. The maximum Gasteiger partial charge on any atom is 0.305 e. The van der Waals surface area contributed by atoms with Gasteiger partial charge in [-0.1, -0.05) is 23.4 Å². The average molecular weight is 289 g/mol. The van der Waals surface area contributed by atoms with Gasteiger partial charge in [-0.15, -0.1) is 0 Å². The average Bonchev–Trinajstić information content (AvgIpc) is 2.97. The van der Waals surface area contributed by atoms with E-state index in [1.807, 2.05) is 30.3 Å². The highest BCUT2D eigenvalue weighted by Crippen LogP contribution is 2.15. The van der Waals surface area contributed by atoms with E-state index in [0.717, 1.165) is 12.0 Å². The third-order valence-corrected chi connectivity index (χ3v) is 2.81. The van der Waals surface area contributed by atoms with E-state index in [2.05, 4.69) is 15.5 Å². The molecule has 0 saturated carbocycles. The van der Waals surface area contributed by atoms with Crippen molar-refractivity contribution in [1.82, 2.24) is 15.5 Å². The van der Waals surface area contributed by atoms with Crippen molar-refractivity contribution in [2.24, 2.45) is 0 Å². The number of hydrogen-bond acceptors (Lipinski definition) is 6. The van der Waals surface area contributed by atoms with Crippen molar-refractivity contribution in [3.05, 3.63) is 36.2 Å². The van der Waals surface area contributed by atoms with E-state index in [1.165, 1.54) is 0 Å². The van der Waals surface area contributed by atoms with E-state index in [1.54, 1.807) is 6.92 Å². The zero-order chi connectivity index (χ0) is 14.9. The quantitative estimate of drug-likeness (QED) is 0.593. The van der Waals surface area contributed by atoms with Crippen LogP contribution in [0.2, 0.25) is 0 Å². The van der Waals surface area contributed by atoms with Crippen LogP contribution in [0.1, 0.15) is 25.6 Å². The Bertz CT molecular complexity index is 554. The van der Waals surface area contributed by atoms with Crippen molar-refractivity contribution in [2.75, 3.05) is 13.2 Å². The summed E-state index contributed by atoms with van der Waals surface area (Å²) in [5.74, 6) is 0.953. The highest BCUT2D eigenvalue weighted by Gasteiger charge is 2.07. The second kappa shape index (κ2) is 8.16. The first-order valence-electron chi connectivity index (χ1n) is 7.04. The lowest BCUT2D eigenvalue weighted by Gasteiger charge is -2.02. The molecule has 21 heavy (non-hydrogen) atoms. The Kier molecular flexibility index (Phi) is 5.90. The Morgan fingerprint density at radius 1 is 1.33 bits per heavy atom. The van der Waals surface area contributed by atoms with Crippen LogP contribution in [-0.4, -0.2) is 29.3 Å². The van der Waals surface area contributed by atoms with Crippen LogP contribution in [0.4, 0.5) is 0 Å². The molecule has 0 aliphatic rings. The lowest BCUT2D eigenvalue weighted by molar-refractivity contribution is -0.143. The molecule has 0 spiro atoms. The van der Waals surface area contributed by atoms with E-state index >= 15 is 0 Å². The Hall–Kier alpha value is -2.21. The maximum absolute atomic E-state index is 11.1. The van der Waals surface area contributed by atoms with Crippen LogP contribution < -0.4 is 5.32 Å². The van der Waals surface area contributed by atoms with Gasteiger partial charge in [0.05, 0.1) is 13.2 Å². The van der Waals surface area contributed by atoms with Gasteiger partial charge in [-0.05, 0) is 32.0 Å². The van der Waals surface area contributed by atoms with Gasteiger partial charge in [-0.25, -0.2) is 0 Å². The van der Waals surface area contributed by atoms with Crippen LogP contribution >= 0.6 is 0 Å². The summed E-state index contributed by atoms with van der Waals surface area (Å²) in [5, 5.41) is 7.09. The Labute approximate surface area is 123 Å². The van der Waals surface area contributed by atoms with E-state index < -0.39 is 0 Å². The standard InChI is InChI=1S/C15H19N3O3/c1-2-20-14(19)9-6-10-16-11-13-17-15(21-18-13)12-7-4-3-5-8-12/h3-5,7-8,16H,2,6,9-11H2,1H3. The first-order valence-corrected chi connectivity index (χ1v) is 7.04. The number of carbonyl (C=O) groups is 1. The molecule has 1 aromatic heterocycles. The lowest BCUT2D eigenvalue weighted by Crippen LogP contribution is -2.17. The predicted molar refractivity (Wildman–Crippen MR) is 77.3 cm³/mol. The summed E-state index contributed by atoms with van der Waals surface area (Å²) in [7, 11) is 0. The second-order valence-electron chi connectivity index (χ2n) is 4.47. The van der Waals surface area contributed by atoms with Gasteiger partial charge in [-0.2, -0.15) is 4.98 Å². The summed E-state index contributed by atoms with van der Waals surface area (Å²) >= 11 is 0. The number of nitrogens with one attached hydrogen (secondary N) is 1. The molecule has 1 aromatic carbocycles. The molecule has 0 aliphatic heterocycles. The van der Waals surface area contributed by atoms with Crippen LogP contribution in [-0.2, 0) is 16.1 Å². The van der Waals surface area contributed by atoms with E-state index in [9.17, 15) is 4.79 Å².